The van der Waals surface area contributed by atoms with E-state index in [0.29, 0.717) is 24.6 Å². The monoisotopic (exact) mass is 337 g/mol. The molecule has 8 nitrogen and oxygen atoms in total. The van der Waals surface area contributed by atoms with Crippen LogP contribution in [0.4, 0.5) is 11.5 Å². The lowest BCUT2D eigenvalue weighted by Gasteiger charge is -2.34. The fraction of sp³-hybridized carbons (Fsp3) is 0.750. The van der Waals surface area contributed by atoms with E-state index in [1.165, 1.54) is 0 Å². The number of hydrogen-bond donors (Lipinski definition) is 1. The molecule has 1 aromatic rings. The summed E-state index contributed by atoms with van der Waals surface area (Å²) in [5, 5.41) is 18.6. The van der Waals surface area contributed by atoms with E-state index in [4.69, 9.17) is 0 Å². The predicted molar refractivity (Wildman–Crippen MR) is 92.0 cm³/mol. The maximum absolute atomic E-state index is 12.0. The first-order valence-electron chi connectivity index (χ1n) is 8.32. The van der Waals surface area contributed by atoms with Crippen molar-refractivity contribution in [1.29, 1.82) is 0 Å². The number of nitrogens with zero attached hydrogens (tertiary/aromatic N) is 4. The number of amides is 1. The van der Waals surface area contributed by atoms with Gasteiger partial charge in [-0.05, 0) is 25.7 Å². The molecule has 0 saturated carbocycles. The van der Waals surface area contributed by atoms with Gasteiger partial charge in [-0.15, -0.1) is 0 Å². The molecular formula is C16H27N5O3. The van der Waals surface area contributed by atoms with E-state index in [0.717, 1.165) is 19.4 Å². The third kappa shape index (κ3) is 3.85. The molecule has 1 saturated heterocycles. The molecule has 0 aromatic carbocycles. The Kier molecular flexibility index (Phi) is 5.15. The van der Waals surface area contributed by atoms with Gasteiger partial charge in [0.2, 0.25) is 11.7 Å². The average molecular weight is 337 g/mol. The summed E-state index contributed by atoms with van der Waals surface area (Å²) in [5.41, 5.74) is 0.101. The summed E-state index contributed by atoms with van der Waals surface area (Å²) in [6, 6.07) is 0. The minimum atomic E-state index is -0.410. The Labute approximate surface area is 142 Å². The minimum Gasteiger partial charge on any atom is -0.355 e. The van der Waals surface area contributed by atoms with E-state index in [1.54, 1.807) is 18.7 Å². The first-order chi connectivity index (χ1) is 11.1. The van der Waals surface area contributed by atoms with Gasteiger partial charge in [-0.1, -0.05) is 20.8 Å². The minimum absolute atomic E-state index is 0.0296. The lowest BCUT2D eigenvalue weighted by atomic mass is 9.94. The van der Waals surface area contributed by atoms with Gasteiger partial charge in [-0.25, -0.2) is 4.68 Å². The fourth-order valence-electron chi connectivity index (χ4n) is 3.13. The molecule has 0 radical (unpaired) electrons. The van der Waals surface area contributed by atoms with E-state index in [9.17, 15) is 14.9 Å². The van der Waals surface area contributed by atoms with Crippen molar-refractivity contribution in [2.45, 2.75) is 40.5 Å². The number of rotatable bonds is 4. The molecule has 1 atom stereocenters. The number of aryl methyl sites for hydroxylation is 2. The summed E-state index contributed by atoms with van der Waals surface area (Å²) in [7, 11) is 1.74. The van der Waals surface area contributed by atoms with Crippen LogP contribution in [0.1, 0.15) is 39.3 Å². The largest absolute Gasteiger partial charge is 0.355 e. The quantitative estimate of drug-likeness (QED) is 0.670. The maximum atomic E-state index is 12.0. The molecule has 1 amide bonds. The van der Waals surface area contributed by atoms with E-state index < -0.39 is 5.41 Å². The highest BCUT2D eigenvalue weighted by molar-refractivity contribution is 5.81. The van der Waals surface area contributed by atoms with Gasteiger partial charge in [0.15, 0.2) is 0 Å². The van der Waals surface area contributed by atoms with Crippen LogP contribution in [0.2, 0.25) is 0 Å². The summed E-state index contributed by atoms with van der Waals surface area (Å²) in [4.78, 5) is 25.1. The Morgan fingerprint density at radius 2 is 2.12 bits per heavy atom. The standard InChI is InChI=1S/C16H27N5O3/c1-11-13(21(23)24)14(19(5)18-11)20-8-6-7-12(10-20)9-17-15(22)16(2,3)4/h12H,6-10H2,1-5H3,(H,17,22). The lowest BCUT2D eigenvalue weighted by Crippen LogP contribution is -2.44. The molecule has 0 aliphatic carbocycles. The van der Waals surface area contributed by atoms with Crippen LogP contribution in [-0.4, -0.2) is 40.2 Å². The number of hydrogen-bond acceptors (Lipinski definition) is 5. The van der Waals surface area contributed by atoms with Crippen LogP contribution in [0.5, 0.6) is 0 Å². The zero-order valence-electron chi connectivity index (χ0n) is 15.1. The number of nitro groups is 1. The highest BCUT2D eigenvalue weighted by atomic mass is 16.6. The summed E-state index contributed by atoms with van der Waals surface area (Å²) in [6.07, 6.45) is 1.95. The first-order valence-corrected chi connectivity index (χ1v) is 8.32. The van der Waals surface area contributed by atoms with E-state index >= 15 is 0 Å². The molecule has 2 rings (SSSR count). The molecule has 1 aliphatic heterocycles. The normalized spacial score (nSPS) is 18.5. The molecule has 1 unspecified atom stereocenters. The third-order valence-electron chi connectivity index (χ3n) is 4.39. The van der Waals surface area contributed by atoms with Crippen LogP contribution >= 0.6 is 0 Å². The summed E-state index contributed by atoms with van der Waals surface area (Å²) < 4.78 is 1.59. The van der Waals surface area contributed by atoms with E-state index in [2.05, 4.69) is 10.4 Å². The lowest BCUT2D eigenvalue weighted by molar-refractivity contribution is -0.384. The van der Waals surface area contributed by atoms with Crippen molar-refractivity contribution >= 4 is 17.4 Å². The molecule has 24 heavy (non-hydrogen) atoms. The summed E-state index contributed by atoms with van der Waals surface area (Å²) >= 11 is 0. The Morgan fingerprint density at radius 1 is 1.46 bits per heavy atom. The number of carbonyl (C=O) groups is 1. The summed E-state index contributed by atoms with van der Waals surface area (Å²) in [5.74, 6) is 0.867. The molecule has 0 bridgehead atoms. The average Bonchev–Trinajstić information content (AvgIpc) is 2.78. The van der Waals surface area contributed by atoms with Crippen LogP contribution in [0.15, 0.2) is 0 Å². The zero-order chi connectivity index (χ0) is 18.1. The molecular weight excluding hydrogens is 310 g/mol. The van der Waals surface area contributed by atoms with Crippen molar-refractivity contribution in [1.82, 2.24) is 15.1 Å². The van der Waals surface area contributed by atoms with Crippen LogP contribution in [0, 0.1) is 28.4 Å². The molecule has 1 aromatic heterocycles. The third-order valence-corrected chi connectivity index (χ3v) is 4.39. The second-order valence-electron chi connectivity index (χ2n) is 7.55. The molecule has 2 heterocycles. The van der Waals surface area contributed by atoms with E-state index in [-0.39, 0.29) is 22.4 Å². The molecule has 1 fully saturated rings. The number of aromatic nitrogens is 2. The van der Waals surface area contributed by atoms with Gasteiger partial charge in [0.25, 0.3) is 0 Å². The maximum Gasteiger partial charge on any atom is 0.333 e. The highest BCUT2D eigenvalue weighted by Crippen LogP contribution is 2.33. The van der Waals surface area contributed by atoms with Crippen molar-refractivity contribution in [3.8, 4) is 0 Å². The molecule has 1 N–H and O–H groups in total. The Balaban J connectivity index is 2.09. The van der Waals surface area contributed by atoms with Gasteiger partial charge in [0.05, 0.1) is 4.92 Å². The Morgan fingerprint density at radius 3 is 2.71 bits per heavy atom. The number of piperidine rings is 1. The summed E-state index contributed by atoms with van der Waals surface area (Å²) in [6.45, 7) is 9.36. The first kappa shape index (κ1) is 18.2. The van der Waals surface area contributed by atoms with E-state index in [1.807, 2.05) is 25.7 Å². The molecule has 1 aliphatic rings. The number of anilines is 1. The topological polar surface area (TPSA) is 93.3 Å². The number of nitrogens with one attached hydrogen (secondary N) is 1. The van der Waals surface area contributed by atoms with Crippen molar-refractivity contribution in [3.05, 3.63) is 15.8 Å². The van der Waals surface area contributed by atoms with Crippen LogP contribution < -0.4 is 10.2 Å². The SMILES string of the molecule is Cc1nn(C)c(N2CCCC(CNC(=O)C(C)(C)C)C2)c1[N+](=O)[O-]. The second-order valence-corrected chi connectivity index (χ2v) is 7.55. The molecule has 8 heteroatoms. The van der Waals surface area contributed by atoms with Crippen molar-refractivity contribution < 1.29 is 9.72 Å². The van der Waals surface area contributed by atoms with Crippen molar-refractivity contribution in [3.63, 3.8) is 0 Å². The van der Waals surface area contributed by atoms with Crippen LogP contribution in [-0.2, 0) is 11.8 Å². The van der Waals surface area contributed by atoms with Gasteiger partial charge >= 0.3 is 5.69 Å². The van der Waals surface area contributed by atoms with Gasteiger partial charge in [0.1, 0.15) is 5.69 Å². The van der Waals surface area contributed by atoms with Crippen LogP contribution in [0.3, 0.4) is 0 Å². The Bertz CT molecular complexity index is 632. The van der Waals surface area contributed by atoms with Crippen LogP contribution in [0.25, 0.3) is 0 Å². The number of carbonyl (C=O) groups excluding carboxylic acids is 1. The zero-order valence-corrected chi connectivity index (χ0v) is 15.1. The van der Waals surface area contributed by atoms with Crippen molar-refractivity contribution in [2.75, 3.05) is 24.5 Å². The predicted octanol–water partition coefficient (Wildman–Crippen LogP) is 2.02. The molecule has 0 spiro atoms. The van der Waals surface area contributed by atoms with Gasteiger partial charge in [-0.3, -0.25) is 14.9 Å². The van der Waals surface area contributed by atoms with Gasteiger partial charge in [-0.2, -0.15) is 5.10 Å². The van der Waals surface area contributed by atoms with Gasteiger partial charge < -0.3 is 10.2 Å². The highest BCUT2D eigenvalue weighted by Gasteiger charge is 2.32. The second kappa shape index (κ2) is 6.78. The smallest absolute Gasteiger partial charge is 0.333 e. The fourth-order valence-corrected chi connectivity index (χ4v) is 3.13. The van der Waals surface area contributed by atoms with Gasteiger partial charge in [0, 0.05) is 32.1 Å². The van der Waals surface area contributed by atoms with Crippen molar-refractivity contribution in [2.24, 2.45) is 18.4 Å². The molecule has 134 valence electrons. The Hall–Kier alpha value is -2.12.